The van der Waals surface area contributed by atoms with Gasteiger partial charge >= 0.3 is 6.18 Å². The number of halogens is 4. The fourth-order valence-electron chi connectivity index (χ4n) is 5.56. The van der Waals surface area contributed by atoms with Gasteiger partial charge in [0, 0.05) is 28.9 Å². The molecule has 3 atom stereocenters. The molecule has 1 amide bonds. The second kappa shape index (κ2) is 12.9. The zero-order valence-corrected chi connectivity index (χ0v) is 22.7. The van der Waals surface area contributed by atoms with Crippen molar-refractivity contribution in [2.45, 2.75) is 52.1 Å². The van der Waals surface area contributed by atoms with Gasteiger partial charge in [-0.1, -0.05) is 41.8 Å². The molecule has 4 N–H and O–H groups in total. The fourth-order valence-corrected chi connectivity index (χ4v) is 5.56. The third kappa shape index (κ3) is 7.56. The highest BCUT2D eigenvalue weighted by Gasteiger charge is 2.50. The molecule has 0 aromatic heterocycles. The Labute approximate surface area is 233 Å². The van der Waals surface area contributed by atoms with E-state index in [4.69, 9.17) is 5.73 Å². The van der Waals surface area contributed by atoms with E-state index in [2.05, 4.69) is 36.5 Å². The number of nitrogens with one attached hydrogen (secondary N) is 2. The number of benzene rings is 2. The van der Waals surface area contributed by atoms with Crippen molar-refractivity contribution in [2.24, 2.45) is 17.3 Å². The van der Waals surface area contributed by atoms with Crippen molar-refractivity contribution < 1.29 is 22.4 Å². The maximum absolute atomic E-state index is 12.9. The van der Waals surface area contributed by atoms with Crippen molar-refractivity contribution in [1.29, 1.82) is 0 Å². The molecule has 2 unspecified atom stereocenters. The number of anilines is 2. The van der Waals surface area contributed by atoms with E-state index in [0.717, 1.165) is 24.9 Å². The van der Waals surface area contributed by atoms with Crippen LogP contribution in [0.1, 0.15) is 44.6 Å². The Balaban J connectivity index is 0.000000185. The van der Waals surface area contributed by atoms with E-state index < -0.39 is 12.1 Å². The third-order valence-electron chi connectivity index (χ3n) is 7.75. The fraction of sp³-hybridized carbons (Fsp3) is 0.344. The Hall–Kier alpha value is -3.99. The number of allylic oxidation sites excluding steroid dienone is 5. The number of aryl methyl sites for hydroxylation is 1. The second-order valence-corrected chi connectivity index (χ2v) is 10.5. The summed E-state index contributed by atoms with van der Waals surface area (Å²) in [4.78, 5) is 9.95. The van der Waals surface area contributed by atoms with Crippen LogP contribution in [0.25, 0.3) is 0 Å². The van der Waals surface area contributed by atoms with E-state index in [1.807, 2.05) is 37.3 Å². The van der Waals surface area contributed by atoms with Crippen molar-refractivity contribution in [2.75, 3.05) is 11.1 Å². The first-order valence-corrected chi connectivity index (χ1v) is 13.1. The number of terminal acetylenes is 1. The van der Waals surface area contributed by atoms with E-state index >= 15 is 0 Å². The van der Waals surface area contributed by atoms with Crippen molar-refractivity contribution in [3.63, 3.8) is 0 Å². The third-order valence-corrected chi connectivity index (χ3v) is 7.75. The molecule has 1 heterocycles. The van der Waals surface area contributed by atoms with Gasteiger partial charge in [-0.15, -0.1) is 12.8 Å². The molecule has 0 spiro atoms. The number of rotatable bonds is 2. The molecule has 4 nitrogen and oxygen atoms in total. The lowest BCUT2D eigenvalue weighted by atomic mass is 9.58. The van der Waals surface area contributed by atoms with Gasteiger partial charge in [-0.25, -0.2) is 4.39 Å². The zero-order chi connectivity index (χ0) is 29.5. The van der Waals surface area contributed by atoms with Crippen LogP contribution in [-0.4, -0.2) is 12.6 Å². The number of carbonyl (C=O) groups is 1. The molecular formula is C32H35F4N3O. The van der Waals surface area contributed by atoms with Gasteiger partial charge in [0.1, 0.15) is 5.82 Å². The van der Waals surface area contributed by atoms with E-state index in [0.29, 0.717) is 12.1 Å². The number of alkyl halides is 3. The quantitative estimate of drug-likeness (QED) is 0.117. The topological polar surface area (TPSA) is 77.1 Å². The van der Waals surface area contributed by atoms with Crippen molar-refractivity contribution in [1.82, 2.24) is 5.32 Å². The first-order chi connectivity index (χ1) is 19.0. The number of nitrogen functional groups attached to an aromatic ring is 1. The molecule has 8 heteroatoms. The van der Waals surface area contributed by atoms with Crippen molar-refractivity contribution >= 4 is 17.8 Å². The monoisotopic (exact) mass is 553 g/mol. The van der Waals surface area contributed by atoms with Gasteiger partial charge in [0.05, 0.1) is 11.6 Å². The van der Waals surface area contributed by atoms with Gasteiger partial charge in [-0.3, -0.25) is 4.79 Å². The van der Waals surface area contributed by atoms with Gasteiger partial charge in [-0.05, 0) is 81.0 Å². The standard InChI is InChI=1S/C16H18F3N.C8H9NO.C6H6FN.C2H2/c1-15-8-14-13(20-14)7-10(15)3-2-9-6-11(16(17,18)19)4-5-12(9)15;1-7-2-4-8(5-3-7)9-6-10;7-5-1-3-6(8)4-2-5;1-2/h5,7,9,11,20H,2-4,6,8H2,1H3;2-6H,1H3,(H,9,10);1-4H,8H2;1-2H/t9?,11?,15-;;;/m0.../s1. The Morgan fingerprint density at radius 3 is 2.33 bits per heavy atom. The van der Waals surface area contributed by atoms with Crippen LogP contribution in [0.2, 0.25) is 0 Å². The van der Waals surface area contributed by atoms with Gasteiger partial charge in [0.25, 0.3) is 0 Å². The average Bonchev–Trinajstić information content (AvgIpc) is 3.69. The minimum atomic E-state index is -4.04. The lowest BCUT2D eigenvalue weighted by molar-refractivity contribution is -0.179. The van der Waals surface area contributed by atoms with Gasteiger partial charge < -0.3 is 16.4 Å². The lowest BCUT2D eigenvalue weighted by Crippen LogP contribution is -2.37. The second-order valence-electron chi connectivity index (χ2n) is 10.5. The Kier molecular flexibility index (Phi) is 9.86. The molecule has 1 fully saturated rings. The molecule has 3 aliphatic carbocycles. The summed E-state index contributed by atoms with van der Waals surface area (Å²) in [5.74, 6) is -1.26. The van der Waals surface area contributed by atoms with Gasteiger partial charge in [-0.2, -0.15) is 13.2 Å². The highest BCUT2D eigenvalue weighted by Crippen LogP contribution is 2.58. The summed E-state index contributed by atoms with van der Waals surface area (Å²) in [5.41, 5.74) is 13.1. The summed E-state index contributed by atoms with van der Waals surface area (Å²) in [7, 11) is 0. The first kappa shape index (κ1) is 30.6. The molecule has 1 aliphatic heterocycles. The average molecular weight is 554 g/mol. The molecule has 0 saturated heterocycles. The van der Waals surface area contributed by atoms with Crippen LogP contribution in [-0.2, 0) is 4.79 Å². The molecule has 212 valence electrons. The Morgan fingerprint density at radius 1 is 1.10 bits per heavy atom. The van der Waals surface area contributed by atoms with E-state index in [9.17, 15) is 22.4 Å². The predicted octanol–water partition coefficient (Wildman–Crippen LogP) is 7.67. The molecule has 1 saturated carbocycles. The highest BCUT2D eigenvalue weighted by molar-refractivity contribution is 5.71. The number of carbonyl (C=O) groups excluding carboxylic acids is 1. The summed E-state index contributed by atoms with van der Waals surface area (Å²) < 4.78 is 50.8. The number of amides is 1. The van der Waals surface area contributed by atoms with Gasteiger partial charge in [0.15, 0.2) is 0 Å². The van der Waals surface area contributed by atoms with E-state index in [1.54, 1.807) is 0 Å². The molecule has 2 aromatic rings. The van der Waals surface area contributed by atoms with Crippen molar-refractivity contribution in [3.05, 3.63) is 94.6 Å². The largest absolute Gasteiger partial charge is 0.399 e. The van der Waals surface area contributed by atoms with Crippen LogP contribution in [0.5, 0.6) is 0 Å². The summed E-state index contributed by atoms with van der Waals surface area (Å²) in [6.45, 7) is 4.22. The van der Waals surface area contributed by atoms with Gasteiger partial charge in [0.2, 0.25) is 6.41 Å². The van der Waals surface area contributed by atoms with Crippen LogP contribution >= 0.6 is 0 Å². The number of nitrogens with two attached hydrogens (primary N) is 1. The maximum atomic E-state index is 12.9. The Bertz CT molecular complexity index is 1270. The molecule has 6 rings (SSSR count). The number of hydrogen-bond donors (Lipinski definition) is 3. The normalized spacial score (nSPS) is 23.6. The molecular weight excluding hydrogens is 518 g/mol. The minimum Gasteiger partial charge on any atom is -0.399 e. The molecule has 0 radical (unpaired) electrons. The van der Waals surface area contributed by atoms with Crippen molar-refractivity contribution in [3.8, 4) is 12.8 Å². The number of fused-ring (bicyclic) bond motifs is 3. The van der Waals surface area contributed by atoms with Crippen LogP contribution < -0.4 is 16.4 Å². The Morgan fingerprint density at radius 2 is 1.75 bits per heavy atom. The lowest BCUT2D eigenvalue weighted by Gasteiger charge is -2.47. The van der Waals surface area contributed by atoms with E-state index in [-0.39, 0.29) is 30.0 Å². The molecule has 4 aliphatic rings. The predicted molar refractivity (Wildman–Crippen MR) is 152 cm³/mol. The maximum Gasteiger partial charge on any atom is 0.392 e. The summed E-state index contributed by atoms with van der Waals surface area (Å²) in [6.07, 6.45) is 12.0. The molecule has 2 aromatic carbocycles. The smallest absolute Gasteiger partial charge is 0.392 e. The van der Waals surface area contributed by atoms with Crippen LogP contribution in [0.15, 0.2) is 83.2 Å². The van der Waals surface area contributed by atoms with Crippen LogP contribution in [0.3, 0.4) is 0 Å². The molecule has 40 heavy (non-hydrogen) atoms. The van der Waals surface area contributed by atoms with Crippen LogP contribution in [0.4, 0.5) is 28.9 Å². The summed E-state index contributed by atoms with van der Waals surface area (Å²) in [5, 5.41) is 5.84. The first-order valence-electron chi connectivity index (χ1n) is 13.1. The summed E-state index contributed by atoms with van der Waals surface area (Å²) in [6, 6.07) is 13.3. The van der Waals surface area contributed by atoms with Crippen LogP contribution in [0, 0.1) is 42.8 Å². The SMILES string of the molecule is C#C.C[C@]12CC3=C(C=C1CCC1CC(C(F)(F)F)CC=C12)N3.Cc1ccc(NC=O)cc1.Nc1ccc(F)cc1. The number of hydrogen-bond acceptors (Lipinski definition) is 3. The summed E-state index contributed by atoms with van der Waals surface area (Å²) >= 11 is 0. The molecule has 0 bridgehead atoms. The highest BCUT2D eigenvalue weighted by atomic mass is 19.4. The minimum absolute atomic E-state index is 0.0260. The zero-order valence-electron chi connectivity index (χ0n) is 22.7. The van der Waals surface area contributed by atoms with E-state index in [1.165, 1.54) is 52.4 Å².